The number of anilines is 9. The molecule has 9 N–H and O–H groups in total. The lowest BCUT2D eigenvalue weighted by Crippen LogP contribution is -2.15. The summed E-state index contributed by atoms with van der Waals surface area (Å²) in [7, 11) is 0. The van der Waals surface area contributed by atoms with Gasteiger partial charge in [-0.1, -0.05) is 137 Å². The van der Waals surface area contributed by atoms with Crippen LogP contribution in [0, 0.1) is 5.92 Å². The van der Waals surface area contributed by atoms with Crippen LogP contribution >= 0.6 is 0 Å². The maximum atomic E-state index is 4.78. The van der Waals surface area contributed by atoms with Crippen molar-refractivity contribution in [3.63, 3.8) is 0 Å². The van der Waals surface area contributed by atoms with Crippen molar-refractivity contribution in [3.8, 4) is 0 Å². The van der Waals surface area contributed by atoms with Gasteiger partial charge in [0.1, 0.15) is 0 Å². The molecule has 1 aliphatic rings. The topological polar surface area (TPSA) is 224 Å². The third-order valence-electron chi connectivity index (χ3n) is 10.6. The van der Waals surface area contributed by atoms with Crippen LogP contribution in [0.4, 0.5) is 53.5 Å². The van der Waals surface area contributed by atoms with Crippen molar-refractivity contribution in [1.29, 1.82) is 0 Å². The van der Waals surface area contributed by atoms with E-state index in [4.69, 9.17) is 44.9 Å². The average molecular weight is 901 g/mol. The van der Waals surface area contributed by atoms with Crippen LogP contribution in [0.5, 0.6) is 0 Å². The number of nitrogens with one attached hydrogen (secondary N) is 9. The monoisotopic (exact) mass is 901 g/mol. The number of unbranched alkanes of at least 4 members (excludes halogenated alkanes) is 2. The van der Waals surface area contributed by atoms with Gasteiger partial charge in [0, 0.05) is 58.9 Å². The summed E-state index contributed by atoms with van der Waals surface area (Å²) >= 11 is 0. The maximum Gasteiger partial charge on any atom is 0.229 e. The molecular weight excluding hydrogens is 841 g/mol. The van der Waals surface area contributed by atoms with Gasteiger partial charge in [0.15, 0.2) is 0 Å². The Bertz CT molecular complexity index is 2660. The van der Waals surface area contributed by atoms with Crippen molar-refractivity contribution in [2.24, 2.45) is 5.92 Å². The summed E-state index contributed by atoms with van der Waals surface area (Å²) in [6.07, 6.45) is 3.27. The average Bonchev–Trinajstić information content (AvgIpc) is 3.35. The van der Waals surface area contributed by atoms with E-state index in [2.05, 4.69) is 135 Å². The van der Waals surface area contributed by atoms with Gasteiger partial charge in [0.2, 0.25) is 53.5 Å². The molecule has 0 amide bonds. The van der Waals surface area contributed by atoms with Gasteiger partial charge in [-0.05, 0) is 51.3 Å². The molecule has 4 heterocycles. The second kappa shape index (κ2) is 23.3. The molecule has 0 radical (unpaired) electrons. The number of nitrogens with zero attached hydrogens (tertiary/aromatic N) is 9. The normalized spacial score (nSPS) is 13.0. The third kappa shape index (κ3) is 14.6. The molecule has 18 heteroatoms. The van der Waals surface area contributed by atoms with Gasteiger partial charge in [0.05, 0.1) is 0 Å². The Hall–Kier alpha value is -7.89. The molecule has 4 aromatic carbocycles. The summed E-state index contributed by atoms with van der Waals surface area (Å²) < 4.78 is 0. The molecule has 346 valence electrons. The number of aromatic nitrogens is 9. The molecule has 18 nitrogen and oxygen atoms in total. The van der Waals surface area contributed by atoms with Crippen molar-refractivity contribution in [2.45, 2.75) is 85.8 Å². The minimum absolute atomic E-state index is 0.405. The van der Waals surface area contributed by atoms with Crippen LogP contribution < -0.4 is 47.9 Å². The van der Waals surface area contributed by atoms with Gasteiger partial charge in [-0.3, -0.25) is 0 Å². The van der Waals surface area contributed by atoms with Crippen LogP contribution in [0.1, 0.15) is 79.0 Å². The largest absolute Gasteiger partial charge is 0.354 e. The zero-order valence-corrected chi connectivity index (χ0v) is 38.4. The molecule has 0 unspecified atom stereocenters. The quantitative estimate of drug-likeness (QED) is 0.0555. The number of fused-ring (bicyclic) bond motifs is 12. The number of rotatable bonds is 11. The molecule has 12 bridgehead atoms. The highest BCUT2D eigenvalue weighted by Crippen LogP contribution is 2.19. The lowest BCUT2D eigenvalue weighted by Gasteiger charge is -2.14. The van der Waals surface area contributed by atoms with Gasteiger partial charge in [-0.25, -0.2) is 0 Å². The molecule has 0 saturated heterocycles. The summed E-state index contributed by atoms with van der Waals surface area (Å²) in [5, 5.41) is 30.7. The molecule has 7 aromatic rings. The van der Waals surface area contributed by atoms with Crippen molar-refractivity contribution < 1.29 is 0 Å². The van der Waals surface area contributed by atoms with E-state index in [1.165, 1.54) is 0 Å². The molecular formula is C49H60N18. The molecule has 67 heavy (non-hydrogen) atoms. The Kier molecular flexibility index (Phi) is 15.9. The molecule has 3 aromatic heterocycles. The zero-order valence-electron chi connectivity index (χ0n) is 38.4. The summed E-state index contributed by atoms with van der Waals surface area (Å²) in [6, 6.07) is 35.2. The van der Waals surface area contributed by atoms with Crippen LogP contribution in [0.3, 0.4) is 0 Å². The van der Waals surface area contributed by atoms with E-state index in [9.17, 15) is 0 Å². The van der Waals surface area contributed by atoms with Gasteiger partial charge < -0.3 is 47.9 Å². The van der Waals surface area contributed by atoms with E-state index >= 15 is 0 Å². The molecule has 0 spiro atoms. The van der Waals surface area contributed by atoms with E-state index in [0.717, 1.165) is 71.3 Å². The van der Waals surface area contributed by atoms with Crippen LogP contribution in [-0.4, -0.2) is 57.9 Å². The van der Waals surface area contributed by atoms with Gasteiger partial charge in [0.25, 0.3) is 0 Å². The predicted octanol–water partition coefficient (Wildman–Crippen LogP) is 8.51. The van der Waals surface area contributed by atoms with E-state index in [0.29, 0.717) is 105 Å². The highest BCUT2D eigenvalue weighted by molar-refractivity contribution is 5.47. The molecule has 0 atom stereocenters. The molecule has 0 saturated carbocycles. The fourth-order valence-corrected chi connectivity index (χ4v) is 7.12. The van der Waals surface area contributed by atoms with Gasteiger partial charge >= 0.3 is 0 Å². The van der Waals surface area contributed by atoms with Gasteiger partial charge in [-0.2, -0.15) is 44.9 Å². The Morgan fingerprint density at radius 2 is 0.776 bits per heavy atom. The minimum Gasteiger partial charge on any atom is -0.354 e. The van der Waals surface area contributed by atoms with Crippen LogP contribution in [0.2, 0.25) is 0 Å². The SMILES string of the molecule is CCCCCNc1nc2nc(n1)NCc1cccc(c1)CNc1nc(nc(NCC(C)C)n1)NCc1cccc(c1)CNc1nc(NCc3ccccc3)nc(n1)NCc1cccc(c1)CN2. The second-order valence-corrected chi connectivity index (χ2v) is 16.7. The Morgan fingerprint density at radius 1 is 0.418 bits per heavy atom. The van der Waals surface area contributed by atoms with Crippen LogP contribution in [-0.2, 0) is 45.8 Å². The van der Waals surface area contributed by atoms with Crippen molar-refractivity contribution >= 4 is 53.5 Å². The lowest BCUT2D eigenvalue weighted by atomic mass is 10.1. The smallest absolute Gasteiger partial charge is 0.229 e. The van der Waals surface area contributed by atoms with Crippen LogP contribution in [0.25, 0.3) is 0 Å². The highest BCUT2D eigenvalue weighted by Gasteiger charge is 2.12. The summed E-state index contributed by atoms with van der Waals surface area (Å²) in [6.45, 7) is 11.5. The summed E-state index contributed by atoms with van der Waals surface area (Å²) in [5.74, 6) is 4.63. The van der Waals surface area contributed by atoms with Crippen molar-refractivity contribution in [2.75, 3.05) is 60.9 Å². The first kappa shape index (κ1) is 45.7. The molecule has 8 rings (SSSR count). The van der Waals surface area contributed by atoms with Crippen molar-refractivity contribution in [3.05, 3.63) is 142 Å². The Balaban J connectivity index is 1.07. The Labute approximate surface area is 392 Å². The van der Waals surface area contributed by atoms with Gasteiger partial charge in [-0.15, -0.1) is 0 Å². The van der Waals surface area contributed by atoms with E-state index < -0.39 is 0 Å². The molecule has 0 fully saturated rings. The second-order valence-electron chi connectivity index (χ2n) is 16.7. The zero-order chi connectivity index (χ0) is 46.0. The number of benzene rings is 4. The first-order valence-corrected chi connectivity index (χ1v) is 23.1. The molecule has 0 aliphatic carbocycles. The van der Waals surface area contributed by atoms with Crippen molar-refractivity contribution in [1.82, 2.24) is 44.9 Å². The minimum atomic E-state index is 0.405. The van der Waals surface area contributed by atoms with E-state index in [1.54, 1.807) is 0 Å². The summed E-state index contributed by atoms with van der Waals surface area (Å²) in [4.78, 5) is 42.7. The van der Waals surface area contributed by atoms with Crippen LogP contribution in [0.15, 0.2) is 103 Å². The summed E-state index contributed by atoms with van der Waals surface area (Å²) in [5.41, 5.74) is 7.49. The maximum absolute atomic E-state index is 4.78. The Morgan fingerprint density at radius 3 is 1.13 bits per heavy atom. The number of hydrogen-bond acceptors (Lipinski definition) is 18. The molecule has 1 aliphatic heterocycles. The highest BCUT2D eigenvalue weighted by atomic mass is 15.3. The van der Waals surface area contributed by atoms with E-state index in [-0.39, 0.29) is 0 Å². The first-order chi connectivity index (χ1) is 32.9. The standard InChI is InChI=1S/C49H60N18/c1-4-5-9-21-50-41-59-44-53-27-35-15-10-17-37(22-35)29-55-46-61-42(51-25-33(2)3)62-47(66-46)56-30-38-18-12-20-40(24-38)32-58-49-64-43(52-26-34-13-7-6-8-14-34)63-48(67-49)57-31-39-19-11-16-36(23-39)28-54-45(60-41)65-44/h6-8,10-20,22-24,33H,4-5,9,21,25-32H2,1-3H3,(H3,50,53,54,59,60,65)(H3,51,55,56,61,62,66)(H3,52,57,58,63,64,67). The van der Waals surface area contributed by atoms with E-state index in [1.807, 2.05) is 36.4 Å². The lowest BCUT2D eigenvalue weighted by molar-refractivity contribution is 0.684. The third-order valence-corrected chi connectivity index (χ3v) is 10.6. The predicted molar refractivity (Wildman–Crippen MR) is 268 cm³/mol. The fraction of sp³-hybridized carbons (Fsp3) is 0.327. The number of hydrogen-bond donors (Lipinski definition) is 9. The first-order valence-electron chi connectivity index (χ1n) is 23.1. The fourth-order valence-electron chi connectivity index (χ4n) is 7.12.